The van der Waals surface area contributed by atoms with Crippen molar-refractivity contribution < 1.29 is 0 Å². The smallest absolute Gasteiger partial charge is 0.264 e. The Morgan fingerprint density at radius 3 is 1.40 bits per heavy atom. The van der Waals surface area contributed by atoms with Crippen LogP contribution in [0.1, 0.15) is 305 Å². The Hall–Kier alpha value is -5.96. The predicted octanol–water partition coefficient (Wildman–Crippen LogP) is 23.8. The van der Waals surface area contributed by atoms with Gasteiger partial charge in [-0.25, -0.2) is 0 Å². The molecule has 4 bridgehead atoms. The summed E-state index contributed by atoms with van der Waals surface area (Å²) in [6, 6.07) is 40.0. The molecule has 506 valence electrons. The fourth-order valence-corrected chi connectivity index (χ4v) is 23.2. The summed E-state index contributed by atoms with van der Waals surface area (Å²) in [4.78, 5) is 8.54. The fraction of sp³-hybridized carbons (Fsp3) is 0.543. The molecule has 97 heavy (non-hydrogen) atoms. The van der Waals surface area contributed by atoms with Crippen LogP contribution in [0, 0.1) is 23.2 Å². The van der Waals surface area contributed by atoms with Gasteiger partial charge < -0.3 is 14.7 Å². The van der Waals surface area contributed by atoms with Gasteiger partial charge in [0, 0.05) is 66.3 Å². The van der Waals surface area contributed by atoms with Crippen molar-refractivity contribution in [3.63, 3.8) is 0 Å². The number of terminal acetylenes is 1. The molecule has 0 spiro atoms. The Kier molecular flexibility index (Phi) is 13.8. The maximum Gasteiger partial charge on any atom is 0.264 e. The van der Waals surface area contributed by atoms with Gasteiger partial charge >= 0.3 is 0 Å². The molecule has 0 radical (unpaired) electrons. The van der Waals surface area contributed by atoms with Gasteiger partial charge in [-0.3, -0.25) is 0 Å². The third-order valence-electron chi connectivity index (χ3n) is 28.9. The first-order valence-corrected chi connectivity index (χ1v) is 38.9. The molecule has 7 aromatic rings. The first-order valence-electron chi connectivity index (χ1n) is 38.1. The van der Waals surface area contributed by atoms with Crippen molar-refractivity contribution in [3.8, 4) is 12.3 Å². The normalized spacial score (nSPS) is 26.1. The molecule has 6 aliphatic carbocycles. The van der Waals surface area contributed by atoms with Crippen molar-refractivity contribution in [2.45, 2.75) is 309 Å². The van der Waals surface area contributed by atoms with E-state index >= 15 is 0 Å². The molecular formula is C92H114BN3S. The van der Waals surface area contributed by atoms with Crippen molar-refractivity contribution in [2.24, 2.45) is 10.8 Å². The van der Waals surface area contributed by atoms with Crippen LogP contribution in [-0.2, 0) is 54.1 Å². The van der Waals surface area contributed by atoms with Crippen LogP contribution in [0.25, 0.3) is 10.1 Å². The van der Waals surface area contributed by atoms with Gasteiger partial charge in [0.05, 0.1) is 5.69 Å². The zero-order valence-corrected chi connectivity index (χ0v) is 64.9. The predicted molar refractivity (Wildman–Crippen MR) is 421 cm³/mol. The number of hydrogen-bond acceptors (Lipinski definition) is 4. The highest BCUT2D eigenvalue weighted by Gasteiger charge is 2.54. The molecule has 3 nitrogen and oxygen atoms in total. The van der Waals surface area contributed by atoms with E-state index in [1.807, 2.05) is 0 Å². The molecule has 0 fully saturated rings. The molecule has 9 aliphatic rings. The lowest BCUT2D eigenvalue weighted by atomic mass is 9.35. The molecule has 6 aromatic carbocycles. The summed E-state index contributed by atoms with van der Waals surface area (Å²) in [5.74, 6) is 3.41. The lowest BCUT2D eigenvalue weighted by Crippen LogP contribution is -2.61. The topological polar surface area (TPSA) is 9.72 Å². The molecule has 0 amide bonds. The van der Waals surface area contributed by atoms with Crippen LogP contribution < -0.4 is 30.4 Å². The minimum atomic E-state index is -0.0817. The van der Waals surface area contributed by atoms with E-state index in [1.165, 1.54) is 154 Å². The van der Waals surface area contributed by atoms with E-state index in [0.717, 1.165) is 51.4 Å². The maximum atomic E-state index is 6.83. The fourth-order valence-electron chi connectivity index (χ4n) is 21.8. The van der Waals surface area contributed by atoms with Crippen molar-refractivity contribution >= 4 is 89.3 Å². The molecule has 0 saturated carbocycles. The van der Waals surface area contributed by atoms with Crippen LogP contribution in [-0.4, -0.2) is 12.8 Å². The summed E-state index contributed by atoms with van der Waals surface area (Å²) in [6.07, 6.45) is 22.8. The third kappa shape index (κ3) is 9.50. The minimum Gasteiger partial charge on any atom is -0.338 e. The summed E-state index contributed by atoms with van der Waals surface area (Å²) < 4.78 is 2.92. The molecule has 0 N–H and O–H groups in total. The van der Waals surface area contributed by atoms with E-state index < -0.39 is 0 Å². The zero-order chi connectivity index (χ0) is 69.2. The third-order valence-corrected chi connectivity index (χ3v) is 30.1. The van der Waals surface area contributed by atoms with Crippen LogP contribution in [0.15, 0.2) is 102 Å². The first kappa shape index (κ1) is 65.6. The monoisotopic (exact) mass is 1300 g/mol. The van der Waals surface area contributed by atoms with Gasteiger partial charge in [0.1, 0.15) is 0 Å². The van der Waals surface area contributed by atoms with E-state index in [9.17, 15) is 0 Å². The quantitative estimate of drug-likeness (QED) is 0.121. The van der Waals surface area contributed by atoms with E-state index in [-0.39, 0.29) is 77.7 Å². The highest BCUT2D eigenvalue weighted by Crippen LogP contribution is 2.62. The molecule has 16 rings (SSSR count). The number of thiophene rings is 1. The van der Waals surface area contributed by atoms with Gasteiger partial charge in [-0.15, -0.1) is 17.8 Å². The Morgan fingerprint density at radius 2 is 0.845 bits per heavy atom. The highest BCUT2D eigenvalue weighted by atomic mass is 32.1. The number of benzene rings is 6. The molecule has 0 saturated heterocycles. The molecule has 3 atom stereocenters. The lowest BCUT2D eigenvalue weighted by molar-refractivity contribution is 0.208. The molecule has 5 heteroatoms. The van der Waals surface area contributed by atoms with E-state index in [0.29, 0.717) is 0 Å². The summed E-state index contributed by atoms with van der Waals surface area (Å²) in [7, 11) is 0. The van der Waals surface area contributed by atoms with Crippen LogP contribution in [0.4, 0.5) is 45.5 Å². The number of anilines is 8. The van der Waals surface area contributed by atoms with Crippen molar-refractivity contribution in [1.29, 1.82) is 0 Å². The Bertz CT molecular complexity index is 4650. The van der Waals surface area contributed by atoms with Crippen molar-refractivity contribution in [1.82, 2.24) is 0 Å². The van der Waals surface area contributed by atoms with Gasteiger partial charge in [-0.1, -0.05) is 188 Å². The number of rotatable bonds is 6. The van der Waals surface area contributed by atoms with E-state index in [2.05, 4.69) is 282 Å². The zero-order valence-electron chi connectivity index (χ0n) is 64.0. The van der Waals surface area contributed by atoms with Crippen LogP contribution in [0.2, 0.25) is 0 Å². The molecule has 3 unspecified atom stereocenters. The van der Waals surface area contributed by atoms with Crippen molar-refractivity contribution in [2.75, 3.05) is 14.7 Å². The molecular weight excluding hydrogens is 1190 g/mol. The van der Waals surface area contributed by atoms with Crippen LogP contribution in [0.3, 0.4) is 0 Å². The Morgan fingerprint density at radius 1 is 0.423 bits per heavy atom. The first-order chi connectivity index (χ1) is 45.0. The SMILES string of the molecule is C#CC1=C(CC(C)N(c2cc3c4c(c2)N2c5ccc6c(c5)C(C)(CCC6(C)C)CC5(C)CCC(C)(C)c6cc7sc(c2c7cc65)B4c2cc4c(cc2N3c2ccc3c(c2)C(C)(C)CCC3(C)C)C(C)(C)CCC4(C)C)c2ccc3c(c2)C(C)(C)CCC3(C)C)C(C)(C)CCC1(C)C. The second-order valence-corrected chi connectivity index (χ2v) is 41.5. The summed E-state index contributed by atoms with van der Waals surface area (Å²) in [5.41, 5.74) is 31.4. The summed E-state index contributed by atoms with van der Waals surface area (Å²) >= 11 is 2.12. The van der Waals surface area contributed by atoms with Gasteiger partial charge in [-0.2, -0.15) is 0 Å². The van der Waals surface area contributed by atoms with Crippen molar-refractivity contribution in [3.05, 3.63) is 158 Å². The van der Waals surface area contributed by atoms with E-state index in [1.54, 1.807) is 22.3 Å². The lowest BCUT2D eigenvalue weighted by Gasteiger charge is -2.51. The Labute approximate surface area is 590 Å². The number of nitrogens with zero attached hydrogens (tertiary/aromatic N) is 3. The number of hydrogen-bond donors (Lipinski definition) is 0. The summed E-state index contributed by atoms with van der Waals surface area (Å²) in [5, 5.41) is 1.42. The van der Waals surface area contributed by atoms with Gasteiger partial charge in [0.25, 0.3) is 6.71 Å². The molecule has 4 heterocycles. The van der Waals surface area contributed by atoms with Gasteiger partial charge in [0.2, 0.25) is 0 Å². The standard InChI is InChI=1S/C92H114BN3S/c1-25-61-65(85(11,12)35-32-81(61,3)4)44-55(2)94(56-26-29-62-66(45-56)86(13,14)36-33-82(62,5)6)59-48-75-78-76(49-59)96-58-28-31-64-71(47-58)91(23,42-40-84(64,9)10)54-92(24)43-41-90(21,22)70-53-77-60(50-72(70)92)79(96)80(97-77)93(78)73-51-68-69(89(19,20)39-38-88(68,17)18)52-74(73)95(75)57-27-30-63-67(46-57)87(15,16)37-34-83(63,7)8/h1,26-31,45-53,55H,32-44,54H2,2-24H3. The molecule has 1 aromatic heterocycles. The number of allylic oxidation sites excluding steroid dienone is 1. The van der Waals surface area contributed by atoms with Crippen LogP contribution in [0.5, 0.6) is 0 Å². The number of fused-ring (bicyclic) bond motifs is 9. The van der Waals surface area contributed by atoms with Gasteiger partial charge in [0.15, 0.2) is 0 Å². The Balaban J connectivity index is 1.08. The average molecular weight is 1300 g/mol. The van der Waals surface area contributed by atoms with Gasteiger partial charge in [-0.05, 0) is 295 Å². The maximum absolute atomic E-state index is 6.83. The van der Waals surface area contributed by atoms with Crippen LogP contribution >= 0.6 is 11.3 Å². The van der Waals surface area contributed by atoms with E-state index in [4.69, 9.17) is 6.42 Å². The second kappa shape index (κ2) is 20.4. The second-order valence-electron chi connectivity index (χ2n) is 40.4. The molecule has 3 aliphatic heterocycles. The highest BCUT2D eigenvalue weighted by molar-refractivity contribution is 7.33. The minimum absolute atomic E-state index is 0.000364. The average Bonchev–Trinajstić information content (AvgIpc) is 1.65. The largest absolute Gasteiger partial charge is 0.338 e. The summed E-state index contributed by atoms with van der Waals surface area (Å²) in [6.45, 7) is 58.1.